The molecule has 0 rings (SSSR count). The van der Waals surface area contributed by atoms with Crippen LogP contribution < -0.4 is 11.1 Å². The van der Waals surface area contributed by atoms with E-state index in [2.05, 4.69) is 5.32 Å². The van der Waals surface area contributed by atoms with Crippen LogP contribution in [0, 0.1) is 0 Å². The zero-order valence-electron chi connectivity index (χ0n) is 7.46. The van der Waals surface area contributed by atoms with Crippen molar-refractivity contribution in [3.05, 3.63) is 0 Å². The highest BCUT2D eigenvalue weighted by atomic mass is 16.5. The Hall–Kier alpha value is -0.810. The number of nitrogens with two attached hydrogens (primary N) is 1. The molecule has 0 radical (unpaired) electrons. The third-order valence-corrected chi connectivity index (χ3v) is 1.49. The number of hydrogen-bond donors (Lipinski definition) is 3. The van der Waals surface area contributed by atoms with Gasteiger partial charge in [0.25, 0.3) is 0 Å². The lowest BCUT2D eigenvalue weighted by Crippen LogP contribution is -2.43. The maximum absolute atomic E-state index is 10.3. The van der Waals surface area contributed by atoms with Crippen LogP contribution in [0.4, 0.5) is 4.79 Å². The van der Waals surface area contributed by atoms with E-state index in [0.717, 1.165) is 0 Å². The molecule has 0 saturated heterocycles. The van der Waals surface area contributed by atoms with Crippen molar-refractivity contribution in [1.29, 1.82) is 0 Å². The first-order valence-electron chi connectivity index (χ1n) is 3.72. The molecule has 72 valence electrons. The number of methoxy groups -OCH3 is 1. The first-order chi connectivity index (χ1) is 5.48. The van der Waals surface area contributed by atoms with E-state index >= 15 is 0 Å². The van der Waals surface area contributed by atoms with Gasteiger partial charge in [-0.05, 0) is 6.92 Å². The summed E-state index contributed by atoms with van der Waals surface area (Å²) in [4.78, 5) is 10.3. The van der Waals surface area contributed by atoms with Crippen LogP contribution in [0.1, 0.15) is 13.3 Å². The quantitative estimate of drug-likeness (QED) is 0.525. The summed E-state index contributed by atoms with van der Waals surface area (Å²) in [5.41, 5.74) is 3.88. The number of hydrogen-bond acceptors (Lipinski definition) is 3. The standard InChI is InChI=1S/C7H16N2O3/c1-7(11,3-4-12-2)5-9-6(8)10/h11H,3-5H2,1-2H3,(H3,8,9,10). The fourth-order valence-corrected chi connectivity index (χ4v) is 0.688. The Kier molecular flexibility index (Phi) is 4.61. The zero-order chi connectivity index (χ0) is 9.61. The average Bonchev–Trinajstić information content (AvgIpc) is 1.98. The van der Waals surface area contributed by atoms with Gasteiger partial charge in [0.1, 0.15) is 0 Å². The maximum Gasteiger partial charge on any atom is 0.312 e. The van der Waals surface area contributed by atoms with Gasteiger partial charge in [0.05, 0.1) is 5.60 Å². The summed E-state index contributed by atoms with van der Waals surface area (Å²) in [6.45, 7) is 2.21. The Morgan fingerprint density at radius 1 is 1.75 bits per heavy atom. The van der Waals surface area contributed by atoms with Gasteiger partial charge in [0.15, 0.2) is 0 Å². The SMILES string of the molecule is COCCC(C)(O)CNC(N)=O. The van der Waals surface area contributed by atoms with Crippen molar-refractivity contribution < 1.29 is 14.6 Å². The smallest absolute Gasteiger partial charge is 0.312 e. The van der Waals surface area contributed by atoms with Gasteiger partial charge in [-0.25, -0.2) is 4.79 Å². The van der Waals surface area contributed by atoms with Crippen LogP contribution in [-0.2, 0) is 4.74 Å². The highest BCUT2D eigenvalue weighted by molar-refractivity contribution is 5.71. The van der Waals surface area contributed by atoms with E-state index in [0.29, 0.717) is 13.0 Å². The van der Waals surface area contributed by atoms with E-state index in [1.807, 2.05) is 0 Å². The van der Waals surface area contributed by atoms with E-state index in [9.17, 15) is 9.90 Å². The van der Waals surface area contributed by atoms with E-state index in [4.69, 9.17) is 10.5 Å². The van der Waals surface area contributed by atoms with Gasteiger partial charge >= 0.3 is 6.03 Å². The molecule has 0 aliphatic carbocycles. The minimum Gasteiger partial charge on any atom is -0.388 e. The predicted octanol–water partition coefficient (Wildman–Crippen LogP) is -0.558. The van der Waals surface area contributed by atoms with Crippen molar-refractivity contribution >= 4 is 6.03 Å². The summed E-state index contributed by atoms with van der Waals surface area (Å²) >= 11 is 0. The summed E-state index contributed by atoms with van der Waals surface area (Å²) in [6, 6.07) is -0.632. The number of rotatable bonds is 5. The number of carbonyl (C=O) groups is 1. The molecule has 0 aromatic heterocycles. The van der Waals surface area contributed by atoms with Gasteiger partial charge in [-0.1, -0.05) is 0 Å². The predicted molar refractivity (Wildman–Crippen MR) is 44.7 cm³/mol. The van der Waals surface area contributed by atoms with E-state index < -0.39 is 11.6 Å². The number of urea groups is 1. The first-order valence-corrected chi connectivity index (χ1v) is 3.72. The number of carbonyl (C=O) groups excluding carboxylic acids is 1. The molecule has 0 heterocycles. The van der Waals surface area contributed by atoms with Crippen LogP contribution in [0.2, 0.25) is 0 Å². The van der Waals surface area contributed by atoms with Crippen LogP contribution in [0.15, 0.2) is 0 Å². The summed E-state index contributed by atoms with van der Waals surface area (Å²) in [5.74, 6) is 0. The maximum atomic E-state index is 10.3. The Balaban J connectivity index is 3.63. The van der Waals surface area contributed by atoms with Crippen molar-refractivity contribution in [2.45, 2.75) is 18.9 Å². The van der Waals surface area contributed by atoms with Crippen molar-refractivity contribution in [3.63, 3.8) is 0 Å². The minimum atomic E-state index is -0.953. The Morgan fingerprint density at radius 2 is 2.33 bits per heavy atom. The molecule has 1 unspecified atom stereocenters. The van der Waals surface area contributed by atoms with Crippen LogP contribution >= 0.6 is 0 Å². The second kappa shape index (κ2) is 4.95. The molecule has 1 atom stereocenters. The second-order valence-electron chi connectivity index (χ2n) is 2.96. The van der Waals surface area contributed by atoms with Crippen molar-refractivity contribution in [3.8, 4) is 0 Å². The lowest BCUT2D eigenvalue weighted by atomic mass is 10.0. The lowest BCUT2D eigenvalue weighted by Gasteiger charge is -2.22. The summed E-state index contributed by atoms with van der Waals surface area (Å²) in [7, 11) is 1.55. The molecule has 5 heteroatoms. The van der Waals surface area contributed by atoms with Crippen molar-refractivity contribution in [2.75, 3.05) is 20.3 Å². The Labute approximate surface area is 71.9 Å². The molecule has 0 aromatic carbocycles. The number of nitrogens with one attached hydrogen (secondary N) is 1. The van der Waals surface area contributed by atoms with Crippen LogP contribution in [0.5, 0.6) is 0 Å². The summed E-state index contributed by atoms with van der Waals surface area (Å²) < 4.78 is 4.78. The Bertz CT molecular complexity index is 148. The molecule has 4 N–H and O–H groups in total. The molecule has 0 saturated carbocycles. The van der Waals surface area contributed by atoms with Gasteiger partial charge in [-0.2, -0.15) is 0 Å². The molecule has 0 aromatic rings. The molecular weight excluding hydrogens is 160 g/mol. The number of ether oxygens (including phenoxy) is 1. The minimum absolute atomic E-state index is 0.145. The van der Waals surface area contributed by atoms with E-state index in [-0.39, 0.29) is 6.54 Å². The normalized spacial score (nSPS) is 15.2. The van der Waals surface area contributed by atoms with Crippen molar-refractivity contribution in [1.82, 2.24) is 5.32 Å². The molecule has 2 amide bonds. The second-order valence-corrected chi connectivity index (χ2v) is 2.96. The molecule has 0 aliphatic rings. The summed E-state index contributed by atoms with van der Waals surface area (Å²) in [5, 5.41) is 11.9. The number of amides is 2. The fraction of sp³-hybridized carbons (Fsp3) is 0.857. The topological polar surface area (TPSA) is 84.6 Å². The van der Waals surface area contributed by atoms with Crippen LogP contribution in [-0.4, -0.2) is 37.0 Å². The number of aliphatic hydroxyl groups is 1. The third kappa shape index (κ3) is 5.94. The van der Waals surface area contributed by atoms with E-state index in [1.165, 1.54) is 0 Å². The molecule has 0 aliphatic heterocycles. The van der Waals surface area contributed by atoms with Crippen LogP contribution in [0.25, 0.3) is 0 Å². The molecule has 12 heavy (non-hydrogen) atoms. The monoisotopic (exact) mass is 176 g/mol. The molecule has 0 bridgehead atoms. The average molecular weight is 176 g/mol. The van der Waals surface area contributed by atoms with Gasteiger partial charge < -0.3 is 20.9 Å². The molecular formula is C7H16N2O3. The fourth-order valence-electron chi connectivity index (χ4n) is 0.688. The molecule has 0 fully saturated rings. The summed E-state index contributed by atoms with van der Waals surface area (Å²) in [6.07, 6.45) is 0.462. The van der Waals surface area contributed by atoms with Crippen molar-refractivity contribution in [2.24, 2.45) is 5.73 Å². The van der Waals surface area contributed by atoms with Gasteiger partial charge in [0.2, 0.25) is 0 Å². The molecule has 5 nitrogen and oxygen atoms in total. The highest BCUT2D eigenvalue weighted by Gasteiger charge is 2.19. The zero-order valence-corrected chi connectivity index (χ0v) is 7.46. The first kappa shape index (κ1) is 11.2. The third-order valence-electron chi connectivity index (χ3n) is 1.49. The van der Waals surface area contributed by atoms with Gasteiger partial charge in [-0.3, -0.25) is 0 Å². The Morgan fingerprint density at radius 3 is 2.75 bits per heavy atom. The van der Waals surface area contributed by atoms with Crippen LogP contribution in [0.3, 0.4) is 0 Å². The lowest BCUT2D eigenvalue weighted by molar-refractivity contribution is 0.0272. The van der Waals surface area contributed by atoms with E-state index in [1.54, 1.807) is 14.0 Å². The van der Waals surface area contributed by atoms with Gasteiger partial charge in [0, 0.05) is 26.7 Å². The molecule has 0 spiro atoms. The van der Waals surface area contributed by atoms with Gasteiger partial charge in [-0.15, -0.1) is 0 Å². The largest absolute Gasteiger partial charge is 0.388 e. The highest BCUT2D eigenvalue weighted by Crippen LogP contribution is 2.06. The number of primary amides is 1.